The third kappa shape index (κ3) is 8.75. The zero-order chi connectivity index (χ0) is 29.6. The van der Waals surface area contributed by atoms with E-state index in [1.54, 1.807) is 18.2 Å². The predicted octanol–water partition coefficient (Wildman–Crippen LogP) is 6.33. The van der Waals surface area contributed by atoms with Crippen molar-refractivity contribution in [3.63, 3.8) is 0 Å². The van der Waals surface area contributed by atoms with Crippen LogP contribution >= 0.6 is 39.1 Å². The fraction of sp³-hybridized carbons (Fsp3) is 0.367. The van der Waals surface area contributed by atoms with Crippen LogP contribution in [0.4, 0.5) is 4.39 Å². The van der Waals surface area contributed by atoms with Crippen molar-refractivity contribution in [2.45, 2.75) is 66.9 Å². The lowest BCUT2D eigenvalue weighted by Gasteiger charge is -2.29. The Balaban J connectivity index is 1.61. The fourth-order valence-corrected chi connectivity index (χ4v) is 7.68. The molecule has 41 heavy (non-hydrogen) atoms. The number of hydrogen-bond donors (Lipinski definition) is 2. The molecule has 0 bridgehead atoms. The Hall–Kier alpha value is -2.01. The van der Waals surface area contributed by atoms with Crippen molar-refractivity contribution in [1.82, 2.24) is 5.32 Å². The summed E-state index contributed by atoms with van der Waals surface area (Å²) in [6.07, 6.45) is 0.0318. The van der Waals surface area contributed by atoms with Crippen LogP contribution in [0, 0.1) is 5.82 Å². The van der Waals surface area contributed by atoms with Gasteiger partial charge < -0.3 is 15.2 Å². The first-order valence-electron chi connectivity index (χ1n) is 13.3. The van der Waals surface area contributed by atoms with Crippen molar-refractivity contribution >= 4 is 54.9 Å². The Labute approximate surface area is 258 Å². The SMILES string of the molecule is O=C(N[C@@H](Cc1cccc(Br)c1)[C@H](O)C[C@@H](CCc1ccc(Cl)cc1Cl)S(=O)(=O)c1ccc(F)cc1)[C@H]1CCCO1. The fourth-order valence-electron chi connectivity index (χ4n) is 4.95. The normalized spacial score (nSPS) is 17.6. The van der Waals surface area contributed by atoms with Gasteiger partial charge in [0.1, 0.15) is 11.9 Å². The van der Waals surface area contributed by atoms with Gasteiger partial charge in [-0.2, -0.15) is 0 Å². The van der Waals surface area contributed by atoms with Crippen molar-refractivity contribution in [3.8, 4) is 0 Å². The second kappa shape index (κ2) is 14.4. The molecule has 0 aromatic heterocycles. The van der Waals surface area contributed by atoms with Crippen LogP contribution in [-0.2, 0) is 32.2 Å². The van der Waals surface area contributed by atoms with Crippen LogP contribution in [0.15, 0.2) is 76.1 Å². The quantitative estimate of drug-likeness (QED) is 0.218. The van der Waals surface area contributed by atoms with Crippen LogP contribution < -0.4 is 5.32 Å². The highest BCUT2D eigenvalue weighted by Gasteiger charge is 2.34. The van der Waals surface area contributed by atoms with E-state index in [0.717, 1.165) is 28.6 Å². The number of aliphatic hydroxyl groups excluding tert-OH is 1. The van der Waals surface area contributed by atoms with Gasteiger partial charge in [0.25, 0.3) is 0 Å². The summed E-state index contributed by atoms with van der Waals surface area (Å²) in [5.74, 6) is -0.896. The van der Waals surface area contributed by atoms with Gasteiger partial charge in [0.15, 0.2) is 9.84 Å². The van der Waals surface area contributed by atoms with Crippen LogP contribution in [0.1, 0.15) is 36.8 Å². The lowest BCUT2D eigenvalue weighted by Crippen LogP contribution is -2.49. The van der Waals surface area contributed by atoms with Crippen molar-refractivity contribution in [2.24, 2.45) is 0 Å². The van der Waals surface area contributed by atoms with Crippen molar-refractivity contribution in [3.05, 3.63) is 98.2 Å². The Kier molecular flexibility index (Phi) is 11.2. The number of benzene rings is 3. The molecule has 6 nitrogen and oxygen atoms in total. The molecule has 1 aliphatic heterocycles. The third-order valence-corrected chi connectivity index (χ3v) is 10.5. The van der Waals surface area contributed by atoms with Crippen LogP contribution in [-0.4, -0.2) is 49.5 Å². The molecule has 2 N–H and O–H groups in total. The van der Waals surface area contributed by atoms with Crippen molar-refractivity contribution in [1.29, 1.82) is 0 Å². The molecule has 0 saturated carbocycles. The summed E-state index contributed by atoms with van der Waals surface area (Å²) < 4.78 is 47.6. The highest BCUT2D eigenvalue weighted by atomic mass is 79.9. The molecule has 3 aromatic carbocycles. The topological polar surface area (TPSA) is 92.7 Å². The molecule has 1 amide bonds. The first kappa shape index (κ1) is 31.9. The minimum Gasteiger partial charge on any atom is -0.391 e. The summed E-state index contributed by atoms with van der Waals surface area (Å²) in [7, 11) is -4.00. The number of nitrogens with one attached hydrogen (secondary N) is 1. The van der Waals surface area contributed by atoms with Gasteiger partial charge in [-0.15, -0.1) is 0 Å². The predicted molar refractivity (Wildman–Crippen MR) is 162 cm³/mol. The number of aliphatic hydroxyl groups is 1. The van der Waals surface area contributed by atoms with E-state index in [1.807, 2.05) is 24.3 Å². The van der Waals surface area contributed by atoms with Crippen molar-refractivity contribution < 1.29 is 27.4 Å². The van der Waals surface area contributed by atoms with Crippen LogP contribution in [0.25, 0.3) is 0 Å². The molecule has 1 aliphatic rings. The molecule has 0 radical (unpaired) electrons. The Bertz CT molecular complexity index is 1450. The number of halogens is 4. The van der Waals surface area contributed by atoms with E-state index in [2.05, 4.69) is 21.2 Å². The number of aryl methyl sites for hydroxylation is 1. The van der Waals surface area contributed by atoms with Gasteiger partial charge in [-0.05, 0) is 98.2 Å². The van der Waals surface area contributed by atoms with Crippen LogP contribution in [0.2, 0.25) is 10.0 Å². The van der Waals surface area contributed by atoms with E-state index in [4.69, 9.17) is 27.9 Å². The number of carbonyl (C=O) groups excluding carboxylic acids is 1. The summed E-state index contributed by atoms with van der Waals surface area (Å²) in [5, 5.41) is 14.2. The minimum atomic E-state index is -4.00. The maximum absolute atomic E-state index is 13.8. The highest BCUT2D eigenvalue weighted by Crippen LogP contribution is 2.28. The number of hydrogen-bond acceptors (Lipinski definition) is 5. The summed E-state index contributed by atoms with van der Waals surface area (Å²) in [6, 6.07) is 16.3. The van der Waals surface area contributed by atoms with Gasteiger partial charge in [0, 0.05) is 21.1 Å². The largest absolute Gasteiger partial charge is 0.391 e. The molecule has 0 unspecified atom stereocenters. The molecular formula is C30H31BrCl2FNO5S. The second-order valence-corrected chi connectivity index (χ2v) is 14.1. The van der Waals surface area contributed by atoms with Gasteiger partial charge in [-0.25, -0.2) is 12.8 Å². The maximum atomic E-state index is 13.8. The van der Waals surface area contributed by atoms with Crippen LogP contribution in [0.3, 0.4) is 0 Å². The molecule has 1 saturated heterocycles. The molecule has 1 heterocycles. The van der Waals surface area contributed by atoms with Gasteiger partial charge in [0.2, 0.25) is 5.91 Å². The molecular weight excluding hydrogens is 656 g/mol. The third-order valence-electron chi connectivity index (χ3n) is 7.20. The molecule has 1 fully saturated rings. The number of carbonyl (C=O) groups is 1. The lowest BCUT2D eigenvalue weighted by atomic mass is 9.96. The van der Waals surface area contributed by atoms with Crippen molar-refractivity contribution in [2.75, 3.05) is 6.61 Å². The highest BCUT2D eigenvalue weighted by molar-refractivity contribution is 9.10. The summed E-state index contributed by atoms with van der Waals surface area (Å²) in [4.78, 5) is 12.9. The standard InChI is InChI=1S/C30H31BrCl2FNO5S/c31-21-4-1-3-19(15-21)16-27(35-30(37)29-5-2-14-40-29)28(36)18-25(11-7-20-6-8-22(32)17-26(20)33)41(38,39)24-12-9-23(34)10-13-24/h1,3-4,6,8-10,12-13,15,17,25,27-29,36H,2,5,7,11,14,16,18H2,(H,35,37)/t25-,27+,28-,29-/m1/s1. The van der Waals surface area contributed by atoms with Gasteiger partial charge in [0.05, 0.1) is 22.3 Å². The maximum Gasteiger partial charge on any atom is 0.249 e. The minimum absolute atomic E-state index is 0.0507. The van der Waals surface area contributed by atoms with E-state index in [1.165, 1.54) is 12.1 Å². The summed E-state index contributed by atoms with van der Waals surface area (Å²) in [5.41, 5.74) is 1.56. The van der Waals surface area contributed by atoms with E-state index in [0.29, 0.717) is 35.1 Å². The molecule has 0 aliphatic carbocycles. The molecule has 0 spiro atoms. The summed E-state index contributed by atoms with van der Waals surface area (Å²) >= 11 is 15.8. The average Bonchev–Trinajstić information content (AvgIpc) is 3.47. The van der Waals surface area contributed by atoms with Gasteiger partial charge >= 0.3 is 0 Å². The number of sulfone groups is 1. The van der Waals surface area contributed by atoms with Gasteiger partial charge in [-0.3, -0.25) is 4.79 Å². The molecule has 220 valence electrons. The van der Waals surface area contributed by atoms with E-state index < -0.39 is 39.2 Å². The Morgan fingerprint density at radius 3 is 2.54 bits per heavy atom. The lowest BCUT2D eigenvalue weighted by molar-refractivity contribution is -0.131. The Morgan fingerprint density at radius 1 is 1.12 bits per heavy atom. The average molecular weight is 687 g/mol. The van der Waals surface area contributed by atoms with E-state index in [9.17, 15) is 22.7 Å². The monoisotopic (exact) mass is 685 g/mol. The molecule has 4 rings (SSSR count). The number of rotatable bonds is 12. The smallest absolute Gasteiger partial charge is 0.249 e. The first-order chi connectivity index (χ1) is 19.5. The Morgan fingerprint density at radius 2 is 1.88 bits per heavy atom. The van der Waals surface area contributed by atoms with Crippen LogP contribution in [0.5, 0.6) is 0 Å². The second-order valence-electron chi connectivity index (χ2n) is 10.1. The van der Waals surface area contributed by atoms with E-state index >= 15 is 0 Å². The molecule has 3 aromatic rings. The zero-order valence-corrected chi connectivity index (χ0v) is 26.0. The van der Waals surface area contributed by atoms with Gasteiger partial charge in [-0.1, -0.05) is 57.3 Å². The number of amides is 1. The first-order valence-corrected chi connectivity index (χ1v) is 16.4. The zero-order valence-electron chi connectivity index (χ0n) is 22.1. The molecule has 4 atom stereocenters. The number of ether oxygens (including phenoxy) is 1. The molecule has 11 heteroatoms. The van der Waals surface area contributed by atoms with E-state index in [-0.39, 0.29) is 30.1 Å². The summed E-state index contributed by atoms with van der Waals surface area (Å²) in [6.45, 7) is 0.488.